The Balaban J connectivity index is 3.88. The number of aliphatic hydroxyl groups is 1. The summed E-state index contributed by atoms with van der Waals surface area (Å²) in [5.41, 5.74) is -0.542. The number of carbonyl (C=O) groups excluding carboxylic acids is 1. The third-order valence-corrected chi connectivity index (χ3v) is 1.16. The Labute approximate surface area is 84.6 Å². The quantitative estimate of drug-likeness (QED) is 0.702. The largest absolute Gasteiger partial charge is 0.442 e. The molecule has 0 aliphatic heterocycles. The molecule has 0 rings (SSSR count). The number of hydrogen-bond acceptors (Lipinski definition) is 4. The molecule has 0 saturated heterocycles. The third kappa shape index (κ3) is 6.68. The van der Waals surface area contributed by atoms with Crippen LogP contribution in [0.3, 0.4) is 0 Å². The normalized spacial score (nSPS) is 13.6. The smallest absolute Gasteiger partial charge is 0.434 e. The van der Waals surface area contributed by atoms with Crippen molar-refractivity contribution in [3.05, 3.63) is 0 Å². The molecule has 0 radical (unpaired) electrons. The average Bonchev–Trinajstić information content (AvgIpc) is 1.96. The molecule has 0 saturated carbocycles. The van der Waals surface area contributed by atoms with Crippen LogP contribution in [0.4, 0.5) is 4.79 Å². The number of nitrogens with zero attached hydrogens (tertiary/aromatic N) is 1. The Bertz CT molecular complexity index is 186. The molecule has 1 N–H and O–H groups in total. The maximum absolute atomic E-state index is 11.3. The molecule has 84 valence electrons. The van der Waals surface area contributed by atoms with Crippen LogP contribution in [0.15, 0.2) is 0 Å². The van der Waals surface area contributed by atoms with Crippen molar-refractivity contribution in [2.75, 3.05) is 13.7 Å². The van der Waals surface area contributed by atoms with Gasteiger partial charge >= 0.3 is 6.09 Å². The van der Waals surface area contributed by atoms with E-state index >= 15 is 0 Å². The van der Waals surface area contributed by atoms with E-state index < -0.39 is 17.8 Å². The summed E-state index contributed by atoms with van der Waals surface area (Å²) < 4.78 is 5.01. The van der Waals surface area contributed by atoms with E-state index in [1.54, 1.807) is 27.7 Å². The molecule has 0 spiro atoms. The van der Waals surface area contributed by atoms with Crippen LogP contribution in [0.25, 0.3) is 0 Å². The predicted octanol–water partition coefficient (Wildman–Crippen LogP) is 1.17. The van der Waals surface area contributed by atoms with Crippen LogP contribution >= 0.6 is 0 Å². The summed E-state index contributed by atoms with van der Waals surface area (Å²) in [4.78, 5) is 16.2. The minimum absolute atomic E-state index is 0.0652. The second-order valence-electron chi connectivity index (χ2n) is 4.12. The number of aliphatic hydroxyl groups excluding tert-OH is 1. The highest BCUT2D eigenvalue weighted by Gasteiger charge is 2.20. The molecular formula is C9H19NO4. The Morgan fingerprint density at radius 2 is 2.00 bits per heavy atom. The van der Waals surface area contributed by atoms with E-state index in [1.165, 1.54) is 7.05 Å². The number of hydrogen-bond donors (Lipinski definition) is 1. The minimum atomic E-state index is -0.611. The molecule has 1 unspecified atom stereocenters. The van der Waals surface area contributed by atoms with Gasteiger partial charge in [-0.2, -0.15) is 5.06 Å². The second-order valence-corrected chi connectivity index (χ2v) is 4.12. The van der Waals surface area contributed by atoms with Gasteiger partial charge in [0.1, 0.15) is 12.2 Å². The number of rotatable bonds is 3. The molecule has 5 heteroatoms. The van der Waals surface area contributed by atoms with Gasteiger partial charge in [0, 0.05) is 7.05 Å². The van der Waals surface area contributed by atoms with E-state index in [4.69, 9.17) is 14.7 Å². The molecule has 0 aromatic carbocycles. The van der Waals surface area contributed by atoms with Gasteiger partial charge in [-0.3, -0.25) is 4.84 Å². The summed E-state index contributed by atoms with van der Waals surface area (Å²) in [6, 6.07) is 0. The Morgan fingerprint density at radius 3 is 2.36 bits per heavy atom. The van der Waals surface area contributed by atoms with E-state index in [-0.39, 0.29) is 6.61 Å². The van der Waals surface area contributed by atoms with Crippen molar-refractivity contribution in [3.63, 3.8) is 0 Å². The van der Waals surface area contributed by atoms with Crippen molar-refractivity contribution in [1.82, 2.24) is 5.06 Å². The van der Waals surface area contributed by atoms with Crippen LogP contribution in [-0.4, -0.2) is 41.6 Å². The van der Waals surface area contributed by atoms with Crippen molar-refractivity contribution in [2.45, 2.75) is 39.4 Å². The molecule has 0 aliphatic carbocycles. The summed E-state index contributed by atoms with van der Waals surface area (Å²) in [6.07, 6.45) is -1.18. The van der Waals surface area contributed by atoms with Crippen LogP contribution in [0.1, 0.15) is 27.7 Å². The zero-order valence-electron chi connectivity index (χ0n) is 9.40. The van der Waals surface area contributed by atoms with Crippen LogP contribution in [0.2, 0.25) is 0 Å². The van der Waals surface area contributed by atoms with E-state index in [9.17, 15) is 4.79 Å². The van der Waals surface area contributed by atoms with Crippen molar-refractivity contribution in [1.29, 1.82) is 0 Å². The molecule has 0 aliphatic rings. The lowest BCUT2D eigenvalue weighted by Crippen LogP contribution is -2.35. The first kappa shape index (κ1) is 13.2. The zero-order valence-corrected chi connectivity index (χ0v) is 9.40. The van der Waals surface area contributed by atoms with Crippen LogP contribution in [0, 0.1) is 0 Å². The monoisotopic (exact) mass is 205 g/mol. The van der Waals surface area contributed by atoms with E-state index in [1.807, 2.05) is 0 Å². The first-order valence-corrected chi connectivity index (χ1v) is 4.50. The molecule has 0 heterocycles. The number of amides is 1. The van der Waals surface area contributed by atoms with Crippen LogP contribution in [0.5, 0.6) is 0 Å². The van der Waals surface area contributed by atoms with Gasteiger partial charge in [0.2, 0.25) is 0 Å². The van der Waals surface area contributed by atoms with Gasteiger partial charge in [-0.05, 0) is 27.7 Å². The van der Waals surface area contributed by atoms with Gasteiger partial charge in [-0.1, -0.05) is 0 Å². The lowest BCUT2D eigenvalue weighted by Gasteiger charge is -2.24. The topological polar surface area (TPSA) is 59.0 Å². The van der Waals surface area contributed by atoms with E-state index in [0.717, 1.165) is 5.06 Å². The van der Waals surface area contributed by atoms with Crippen molar-refractivity contribution >= 4 is 6.09 Å². The highest BCUT2D eigenvalue weighted by atomic mass is 16.7. The summed E-state index contributed by atoms with van der Waals surface area (Å²) in [5.74, 6) is 0. The van der Waals surface area contributed by atoms with Gasteiger partial charge in [-0.15, -0.1) is 0 Å². The Kier molecular flexibility index (Phi) is 4.87. The van der Waals surface area contributed by atoms with Gasteiger partial charge < -0.3 is 9.84 Å². The molecule has 1 atom stereocenters. The molecular weight excluding hydrogens is 186 g/mol. The van der Waals surface area contributed by atoms with Crippen molar-refractivity contribution in [3.8, 4) is 0 Å². The lowest BCUT2D eigenvalue weighted by molar-refractivity contribution is -0.148. The van der Waals surface area contributed by atoms with Gasteiger partial charge in [0.25, 0.3) is 0 Å². The van der Waals surface area contributed by atoms with Crippen molar-refractivity contribution < 1.29 is 19.5 Å². The fourth-order valence-corrected chi connectivity index (χ4v) is 0.599. The molecule has 0 bridgehead atoms. The maximum Gasteiger partial charge on any atom is 0.434 e. The highest BCUT2D eigenvalue weighted by molar-refractivity contribution is 5.66. The number of carbonyl (C=O) groups is 1. The summed E-state index contributed by atoms with van der Waals surface area (Å²) in [7, 11) is 1.44. The molecule has 0 aromatic rings. The molecule has 5 nitrogen and oxygen atoms in total. The number of ether oxygens (including phenoxy) is 1. The second kappa shape index (κ2) is 5.17. The summed E-state index contributed by atoms with van der Waals surface area (Å²) in [5, 5.41) is 9.88. The molecule has 0 fully saturated rings. The highest BCUT2D eigenvalue weighted by Crippen LogP contribution is 2.09. The van der Waals surface area contributed by atoms with Gasteiger partial charge in [0.15, 0.2) is 0 Å². The van der Waals surface area contributed by atoms with Gasteiger partial charge in [-0.25, -0.2) is 4.79 Å². The fourth-order valence-electron chi connectivity index (χ4n) is 0.599. The van der Waals surface area contributed by atoms with Gasteiger partial charge in [0.05, 0.1) is 6.10 Å². The standard InChI is InChI=1S/C9H19NO4/c1-7(11)6-13-10(5)8(12)14-9(2,3)4/h7,11H,6H2,1-5H3. The van der Waals surface area contributed by atoms with Crippen LogP contribution in [-0.2, 0) is 9.57 Å². The average molecular weight is 205 g/mol. The van der Waals surface area contributed by atoms with E-state index in [0.29, 0.717) is 0 Å². The van der Waals surface area contributed by atoms with Crippen molar-refractivity contribution in [2.24, 2.45) is 0 Å². The maximum atomic E-state index is 11.3. The Hall–Kier alpha value is -0.810. The molecule has 0 aromatic heterocycles. The fraction of sp³-hybridized carbons (Fsp3) is 0.889. The first-order chi connectivity index (χ1) is 6.22. The van der Waals surface area contributed by atoms with Crippen LogP contribution < -0.4 is 0 Å². The Morgan fingerprint density at radius 1 is 1.50 bits per heavy atom. The minimum Gasteiger partial charge on any atom is -0.442 e. The first-order valence-electron chi connectivity index (χ1n) is 4.50. The lowest BCUT2D eigenvalue weighted by atomic mass is 10.2. The summed E-state index contributed by atoms with van der Waals surface area (Å²) >= 11 is 0. The predicted molar refractivity (Wildman–Crippen MR) is 51.6 cm³/mol. The molecule has 1 amide bonds. The molecule has 14 heavy (non-hydrogen) atoms. The summed E-state index contributed by atoms with van der Waals surface area (Å²) in [6.45, 7) is 6.95. The zero-order chi connectivity index (χ0) is 11.4. The van der Waals surface area contributed by atoms with E-state index in [2.05, 4.69) is 0 Å². The number of hydroxylamine groups is 2. The SMILES string of the molecule is CC(O)CON(C)C(=O)OC(C)(C)C. The third-order valence-electron chi connectivity index (χ3n) is 1.16.